The number of halogens is 3. The van der Waals surface area contributed by atoms with Crippen LogP contribution in [0.4, 0.5) is 13.2 Å². The fourth-order valence-corrected chi connectivity index (χ4v) is 2.33. The van der Waals surface area contributed by atoms with Gasteiger partial charge in [0, 0.05) is 30.4 Å². The minimum atomic E-state index is -4.63. The Hall–Kier alpha value is -2.23. The average molecular weight is 344 g/mol. The van der Waals surface area contributed by atoms with Gasteiger partial charge in [-0.05, 0) is 32.8 Å². The number of hydrogen-bond acceptors (Lipinski definition) is 5. The van der Waals surface area contributed by atoms with Gasteiger partial charge < -0.3 is 11.1 Å². The van der Waals surface area contributed by atoms with Gasteiger partial charge in [0.25, 0.3) is 11.6 Å². The van der Waals surface area contributed by atoms with Crippen molar-refractivity contribution in [3.63, 3.8) is 0 Å². The first kappa shape index (κ1) is 18.1. The molecule has 2 rings (SSSR count). The molecule has 0 unspecified atom stereocenters. The number of amides is 1. The predicted octanol–water partition coefficient (Wildman–Crippen LogP) is 1.16. The second kappa shape index (κ2) is 6.71. The molecule has 7 nitrogen and oxygen atoms in total. The molecule has 0 aromatic carbocycles. The minimum absolute atomic E-state index is 0.109. The van der Waals surface area contributed by atoms with Crippen molar-refractivity contribution in [2.45, 2.75) is 45.8 Å². The second-order valence-corrected chi connectivity index (χ2v) is 5.61. The Bertz CT molecular complexity index is 755. The summed E-state index contributed by atoms with van der Waals surface area (Å²) in [4.78, 5) is 19.3. The van der Waals surface area contributed by atoms with Gasteiger partial charge in [0.2, 0.25) is 5.91 Å². The number of carbonyl (C=O) groups is 1. The lowest BCUT2D eigenvalue weighted by Gasteiger charge is -2.13. The number of aryl methyl sites for hydroxylation is 2. The third kappa shape index (κ3) is 3.81. The molecule has 0 spiro atoms. The topological polar surface area (TPSA) is 98.2 Å². The summed E-state index contributed by atoms with van der Waals surface area (Å²) in [6, 6.07) is -0.134. The van der Waals surface area contributed by atoms with Crippen molar-refractivity contribution < 1.29 is 18.0 Å². The summed E-state index contributed by atoms with van der Waals surface area (Å²) >= 11 is 0. The van der Waals surface area contributed by atoms with Crippen molar-refractivity contribution >= 4 is 11.7 Å². The molecule has 2 aromatic heterocycles. The van der Waals surface area contributed by atoms with E-state index in [9.17, 15) is 18.0 Å². The number of rotatable bonds is 5. The van der Waals surface area contributed by atoms with Gasteiger partial charge in [0.05, 0.1) is 0 Å². The van der Waals surface area contributed by atoms with E-state index in [4.69, 9.17) is 5.73 Å². The fraction of sp³-hybridized carbons (Fsp3) is 0.571. The maximum Gasteiger partial charge on any atom is 0.453 e. The van der Waals surface area contributed by atoms with Crippen molar-refractivity contribution in [2.24, 2.45) is 5.73 Å². The lowest BCUT2D eigenvalue weighted by atomic mass is 10.1. The first-order valence-electron chi connectivity index (χ1n) is 7.43. The molecular weight excluding hydrogens is 325 g/mol. The lowest BCUT2D eigenvalue weighted by Crippen LogP contribution is -2.37. The van der Waals surface area contributed by atoms with Crippen LogP contribution in [0, 0.1) is 13.8 Å². The van der Waals surface area contributed by atoms with E-state index in [1.165, 1.54) is 0 Å². The van der Waals surface area contributed by atoms with Crippen molar-refractivity contribution in [1.82, 2.24) is 24.9 Å². The molecule has 0 saturated carbocycles. The molecule has 0 fully saturated rings. The van der Waals surface area contributed by atoms with Crippen LogP contribution in [0.1, 0.15) is 36.1 Å². The summed E-state index contributed by atoms with van der Waals surface area (Å²) in [5.41, 5.74) is 7.13. The van der Waals surface area contributed by atoms with Gasteiger partial charge in [-0.3, -0.25) is 4.79 Å². The molecule has 0 radical (unpaired) electrons. The molecule has 0 aliphatic heterocycles. The summed E-state index contributed by atoms with van der Waals surface area (Å²) in [5.74, 6) is -1.52. The fourth-order valence-electron chi connectivity index (χ4n) is 2.33. The van der Waals surface area contributed by atoms with Crippen LogP contribution in [-0.2, 0) is 17.4 Å². The molecule has 10 heteroatoms. The number of alkyl halides is 3. The molecule has 2 aromatic rings. The van der Waals surface area contributed by atoms with Crippen molar-refractivity contribution in [1.29, 1.82) is 0 Å². The van der Waals surface area contributed by atoms with Crippen molar-refractivity contribution in [2.75, 3.05) is 6.54 Å². The van der Waals surface area contributed by atoms with Gasteiger partial charge in [0.1, 0.15) is 0 Å². The molecule has 0 saturated heterocycles. The maximum absolute atomic E-state index is 12.7. The Kier molecular flexibility index (Phi) is 5.07. The number of carbonyl (C=O) groups excluding carboxylic acids is 1. The summed E-state index contributed by atoms with van der Waals surface area (Å²) in [6.07, 6.45) is -4.11. The van der Waals surface area contributed by atoms with Gasteiger partial charge in [-0.1, -0.05) is 0 Å². The largest absolute Gasteiger partial charge is 0.453 e. The van der Waals surface area contributed by atoms with E-state index in [-0.39, 0.29) is 24.1 Å². The van der Waals surface area contributed by atoms with Gasteiger partial charge in [-0.25, -0.2) is 9.50 Å². The molecular formula is C14H19F3N6O. The average Bonchev–Trinajstić information content (AvgIpc) is 2.91. The van der Waals surface area contributed by atoms with Crippen LogP contribution in [0.15, 0.2) is 0 Å². The molecule has 3 N–H and O–H groups in total. The van der Waals surface area contributed by atoms with Crippen LogP contribution < -0.4 is 11.1 Å². The van der Waals surface area contributed by atoms with Crippen LogP contribution in [-0.4, -0.2) is 38.1 Å². The Balaban J connectivity index is 2.26. The number of nitrogens with two attached hydrogens (primary N) is 1. The van der Waals surface area contributed by atoms with Gasteiger partial charge >= 0.3 is 6.18 Å². The van der Waals surface area contributed by atoms with Gasteiger partial charge in [0.15, 0.2) is 0 Å². The number of nitrogens with zero attached hydrogens (tertiary/aromatic N) is 4. The Morgan fingerprint density at radius 1 is 1.33 bits per heavy atom. The molecule has 0 aliphatic carbocycles. The van der Waals surface area contributed by atoms with Crippen molar-refractivity contribution in [3.8, 4) is 0 Å². The zero-order valence-electron chi connectivity index (χ0n) is 13.6. The van der Waals surface area contributed by atoms with Crippen LogP contribution in [0.5, 0.6) is 0 Å². The first-order valence-corrected chi connectivity index (χ1v) is 7.43. The molecule has 132 valence electrons. The minimum Gasteiger partial charge on any atom is -0.352 e. The Morgan fingerprint density at radius 3 is 2.58 bits per heavy atom. The van der Waals surface area contributed by atoms with Gasteiger partial charge in [-0.15, -0.1) is 5.10 Å². The Labute approximate surface area is 136 Å². The highest BCUT2D eigenvalue weighted by Gasteiger charge is 2.36. The monoisotopic (exact) mass is 344 g/mol. The van der Waals surface area contributed by atoms with E-state index >= 15 is 0 Å². The number of nitrogens with one attached hydrogen (secondary N) is 1. The van der Waals surface area contributed by atoms with Crippen LogP contribution in [0.3, 0.4) is 0 Å². The maximum atomic E-state index is 12.7. The third-order valence-electron chi connectivity index (χ3n) is 3.67. The highest BCUT2D eigenvalue weighted by molar-refractivity contribution is 5.76. The quantitative estimate of drug-likeness (QED) is 0.848. The van der Waals surface area contributed by atoms with Crippen LogP contribution in [0.2, 0.25) is 0 Å². The van der Waals surface area contributed by atoms with E-state index in [0.29, 0.717) is 29.9 Å². The smallest absolute Gasteiger partial charge is 0.352 e. The lowest BCUT2D eigenvalue weighted by molar-refractivity contribution is -0.144. The number of hydrogen-bond donors (Lipinski definition) is 2. The van der Waals surface area contributed by atoms with Gasteiger partial charge in [-0.2, -0.15) is 18.2 Å². The summed E-state index contributed by atoms with van der Waals surface area (Å²) in [6.45, 7) is 5.42. The molecule has 2 heterocycles. The van der Waals surface area contributed by atoms with E-state index < -0.39 is 12.0 Å². The normalized spacial score (nSPS) is 13.3. The SMILES string of the molecule is Cc1nc2nc(C(F)(F)F)nn2c(C)c1CCC(=O)N[C@@H](C)CN. The predicted molar refractivity (Wildman–Crippen MR) is 80.2 cm³/mol. The number of aromatic nitrogens is 4. The molecule has 1 atom stereocenters. The van der Waals surface area contributed by atoms with E-state index in [0.717, 1.165) is 4.52 Å². The van der Waals surface area contributed by atoms with Crippen LogP contribution >= 0.6 is 0 Å². The van der Waals surface area contributed by atoms with Crippen molar-refractivity contribution in [3.05, 3.63) is 22.8 Å². The van der Waals surface area contributed by atoms with E-state index in [2.05, 4.69) is 20.4 Å². The molecule has 1 amide bonds. The molecule has 0 bridgehead atoms. The Morgan fingerprint density at radius 2 is 2.00 bits per heavy atom. The van der Waals surface area contributed by atoms with E-state index in [1.807, 2.05) is 0 Å². The van der Waals surface area contributed by atoms with Crippen LogP contribution in [0.25, 0.3) is 5.78 Å². The molecule has 0 aliphatic rings. The highest BCUT2D eigenvalue weighted by atomic mass is 19.4. The molecule has 24 heavy (non-hydrogen) atoms. The zero-order chi connectivity index (χ0) is 18.1. The first-order chi connectivity index (χ1) is 11.1. The summed E-state index contributed by atoms with van der Waals surface area (Å²) in [5, 5.41) is 6.21. The second-order valence-electron chi connectivity index (χ2n) is 5.61. The standard InChI is InChI=1S/C14H19F3N6O/c1-7(6-18)19-11(24)5-4-10-8(2)20-13-21-12(14(15,16)17)22-23(13)9(10)3/h7H,4-6,18H2,1-3H3,(H,19,24)/t7-/m0/s1. The summed E-state index contributed by atoms with van der Waals surface area (Å²) < 4.78 is 39.3. The van der Waals surface area contributed by atoms with E-state index in [1.54, 1.807) is 20.8 Å². The number of fused-ring (bicyclic) bond motifs is 1. The highest BCUT2D eigenvalue weighted by Crippen LogP contribution is 2.27. The third-order valence-corrected chi connectivity index (χ3v) is 3.67. The summed E-state index contributed by atoms with van der Waals surface area (Å²) in [7, 11) is 0. The zero-order valence-corrected chi connectivity index (χ0v) is 13.6.